The average Bonchev–Trinajstić information content (AvgIpc) is 2.45. The second kappa shape index (κ2) is 6.49. The van der Waals surface area contributed by atoms with E-state index in [0.717, 1.165) is 42.7 Å². The van der Waals surface area contributed by atoms with Gasteiger partial charge in [-0.2, -0.15) is 0 Å². The summed E-state index contributed by atoms with van der Waals surface area (Å²) in [5.74, 6) is 2.01. The van der Waals surface area contributed by atoms with E-state index in [1.807, 2.05) is 0 Å². The summed E-state index contributed by atoms with van der Waals surface area (Å²) < 4.78 is 11.9. The molecule has 1 atom stereocenters. The summed E-state index contributed by atoms with van der Waals surface area (Å²) in [5, 5.41) is 0. The molecule has 119 valence electrons. The largest absolute Gasteiger partial charge is 0.540 e. The molecule has 3 heteroatoms. The molecule has 0 amide bonds. The minimum Gasteiger partial charge on any atom is -0.540 e. The van der Waals surface area contributed by atoms with Gasteiger partial charge in [0.15, 0.2) is 0 Å². The lowest BCUT2D eigenvalue weighted by Crippen LogP contribution is -2.37. The van der Waals surface area contributed by atoms with Crippen molar-refractivity contribution in [3.8, 4) is 11.5 Å². The summed E-state index contributed by atoms with van der Waals surface area (Å²) in [5.41, 5.74) is 6.15. The van der Waals surface area contributed by atoms with Crippen molar-refractivity contribution < 1.29 is 9.16 Å². The molecule has 1 aliphatic rings. The Kier molecular flexibility index (Phi) is 5.06. The van der Waals surface area contributed by atoms with Crippen LogP contribution in [0.1, 0.15) is 62.3 Å². The third kappa shape index (κ3) is 3.24. The van der Waals surface area contributed by atoms with E-state index in [1.165, 1.54) is 22.3 Å². The number of benzene rings is 1. The van der Waals surface area contributed by atoms with E-state index in [1.54, 1.807) is 0 Å². The Hall–Kier alpha value is -1.22. The first-order chi connectivity index (χ1) is 10.3. The highest BCUT2D eigenvalue weighted by atomic mass is 28.2. The number of hydrogen-bond donors (Lipinski definition) is 0. The Morgan fingerprint density at radius 3 is 2.50 bits per heavy atom. The van der Waals surface area contributed by atoms with Crippen LogP contribution >= 0.6 is 0 Å². The Bertz CT molecular complexity index is 600. The number of hydrogen-bond acceptors (Lipinski definition) is 2. The second-order valence-electron chi connectivity index (χ2n) is 6.99. The molecule has 1 aromatic carbocycles. The Balaban J connectivity index is 2.32. The highest BCUT2D eigenvalue weighted by molar-refractivity contribution is 6.00. The van der Waals surface area contributed by atoms with Gasteiger partial charge in [0, 0.05) is 5.56 Å². The molecule has 0 spiro atoms. The third-order valence-corrected chi connectivity index (χ3v) is 5.10. The van der Waals surface area contributed by atoms with Gasteiger partial charge in [-0.25, -0.2) is 0 Å². The van der Waals surface area contributed by atoms with Crippen LogP contribution in [0.5, 0.6) is 11.5 Å². The molecule has 1 unspecified atom stereocenters. The lowest BCUT2D eigenvalue weighted by molar-refractivity contribution is 0.0559. The fraction of sp³-hybridized carbons (Fsp3) is 0.579. The van der Waals surface area contributed by atoms with Crippen molar-refractivity contribution in [2.75, 3.05) is 0 Å². The molecule has 2 rings (SSSR count). The molecule has 3 radical (unpaired) electrons. The molecule has 1 heterocycles. The van der Waals surface area contributed by atoms with Crippen molar-refractivity contribution in [1.82, 2.24) is 0 Å². The van der Waals surface area contributed by atoms with Gasteiger partial charge in [-0.1, -0.05) is 11.6 Å². The van der Waals surface area contributed by atoms with Gasteiger partial charge in [0.2, 0.25) is 0 Å². The van der Waals surface area contributed by atoms with Crippen molar-refractivity contribution in [1.29, 1.82) is 0 Å². The minimum atomic E-state index is -0.0705. The van der Waals surface area contributed by atoms with Crippen LogP contribution in [0.3, 0.4) is 0 Å². The second-order valence-corrected chi connectivity index (χ2v) is 7.19. The molecular weight excluding hydrogens is 288 g/mol. The molecule has 0 fully saturated rings. The maximum atomic E-state index is 6.49. The Labute approximate surface area is 138 Å². The fourth-order valence-corrected chi connectivity index (χ4v) is 3.58. The average molecular weight is 316 g/mol. The zero-order valence-corrected chi connectivity index (χ0v) is 15.7. The van der Waals surface area contributed by atoms with Gasteiger partial charge >= 0.3 is 10.5 Å². The first-order valence-electron chi connectivity index (χ1n) is 8.07. The van der Waals surface area contributed by atoms with Gasteiger partial charge in [-0.05, 0) is 83.9 Å². The summed E-state index contributed by atoms with van der Waals surface area (Å²) in [6, 6.07) is 0. The van der Waals surface area contributed by atoms with Gasteiger partial charge in [0.05, 0.1) is 0 Å². The molecule has 0 N–H and O–H groups in total. The molecule has 22 heavy (non-hydrogen) atoms. The quantitative estimate of drug-likeness (QED) is 0.581. The Morgan fingerprint density at radius 2 is 1.91 bits per heavy atom. The van der Waals surface area contributed by atoms with E-state index in [2.05, 4.69) is 58.1 Å². The molecule has 0 bridgehead atoms. The molecule has 0 saturated heterocycles. The van der Waals surface area contributed by atoms with Crippen LogP contribution in [-0.4, -0.2) is 16.1 Å². The van der Waals surface area contributed by atoms with E-state index in [-0.39, 0.29) is 5.60 Å². The lowest BCUT2D eigenvalue weighted by atomic mass is 9.85. The maximum absolute atomic E-state index is 6.49. The fourth-order valence-electron chi connectivity index (χ4n) is 3.28. The standard InChI is InChI=1S/C19H27O2Si/c1-12(2)8-7-10-19(6)11-9-16-15(5)17(21-22)13(3)14(4)18(16)20-19/h8H,7,9-11H2,1-6H3. The molecular formula is C19H27O2Si. The van der Waals surface area contributed by atoms with Crippen LogP contribution < -0.4 is 9.16 Å². The predicted octanol–water partition coefficient (Wildman–Crippen LogP) is 4.90. The van der Waals surface area contributed by atoms with E-state index in [9.17, 15) is 0 Å². The third-order valence-electron chi connectivity index (χ3n) is 4.89. The highest BCUT2D eigenvalue weighted by Crippen LogP contribution is 2.44. The molecule has 2 nitrogen and oxygen atoms in total. The van der Waals surface area contributed by atoms with Crippen molar-refractivity contribution >= 4 is 10.5 Å². The van der Waals surface area contributed by atoms with Crippen LogP contribution in [0.15, 0.2) is 11.6 Å². The van der Waals surface area contributed by atoms with Crippen molar-refractivity contribution in [2.24, 2.45) is 0 Å². The van der Waals surface area contributed by atoms with Crippen molar-refractivity contribution in [3.63, 3.8) is 0 Å². The van der Waals surface area contributed by atoms with E-state index >= 15 is 0 Å². The minimum absolute atomic E-state index is 0.0705. The number of ether oxygens (including phenoxy) is 1. The van der Waals surface area contributed by atoms with Gasteiger partial charge in [0.1, 0.15) is 17.1 Å². The zero-order valence-electron chi connectivity index (χ0n) is 14.7. The topological polar surface area (TPSA) is 18.5 Å². The monoisotopic (exact) mass is 315 g/mol. The van der Waals surface area contributed by atoms with E-state index in [0.29, 0.717) is 0 Å². The molecule has 0 saturated carbocycles. The van der Waals surface area contributed by atoms with Crippen LogP contribution in [0.25, 0.3) is 0 Å². The van der Waals surface area contributed by atoms with Crippen molar-refractivity contribution in [2.45, 2.75) is 72.8 Å². The van der Waals surface area contributed by atoms with E-state index < -0.39 is 0 Å². The lowest BCUT2D eigenvalue weighted by Gasteiger charge is -2.38. The summed E-state index contributed by atoms with van der Waals surface area (Å²) in [7, 11) is 3.20. The first kappa shape index (κ1) is 17.1. The number of rotatable bonds is 4. The van der Waals surface area contributed by atoms with Crippen molar-refractivity contribution in [3.05, 3.63) is 33.9 Å². The summed E-state index contributed by atoms with van der Waals surface area (Å²) in [6.07, 6.45) is 6.55. The molecule has 0 aromatic heterocycles. The highest BCUT2D eigenvalue weighted by Gasteiger charge is 2.34. The zero-order chi connectivity index (χ0) is 16.5. The number of allylic oxidation sites excluding steroid dienone is 2. The van der Waals surface area contributed by atoms with Gasteiger partial charge in [-0.3, -0.25) is 0 Å². The van der Waals surface area contributed by atoms with Gasteiger partial charge in [0.25, 0.3) is 0 Å². The van der Waals surface area contributed by atoms with Crippen LogP contribution in [0.2, 0.25) is 0 Å². The molecule has 1 aliphatic heterocycles. The number of fused-ring (bicyclic) bond motifs is 1. The normalized spacial score (nSPS) is 20.1. The van der Waals surface area contributed by atoms with Gasteiger partial charge in [-0.15, -0.1) is 0 Å². The molecule has 1 aromatic rings. The smallest absolute Gasteiger partial charge is 0.341 e. The van der Waals surface area contributed by atoms with E-state index in [4.69, 9.17) is 9.16 Å². The predicted molar refractivity (Wildman–Crippen MR) is 93.1 cm³/mol. The summed E-state index contributed by atoms with van der Waals surface area (Å²) >= 11 is 0. The van der Waals surface area contributed by atoms with Crippen LogP contribution in [0, 0.1) is 20.8 Å². The molecule has 0 aliphatic carbocycles. The Morgan fingerprint density at radius 1 is 1.23 bits per heavy atom. The summed E-state index contributed by atoms with van der Waals surface area (Å²) in [4.78, 5) is 0. The summed E-state index contributed by atoms with van der Waals surface area (Å²) in [6.45, 7) is 12.9. The first-order valence-corrected chi connectivity index (χ1v) is 8.48. The SMILES string of the molecule is CC(C)=CCCC1(C)CCc2c(C)c(O[Si])c(C)c(C)c2O1. The maximum Gasteiger partial charge on any atom is 0.341 e. The van der Waals surface area contributed by atoms with Crippen LogP contribution in [0.4, 0.5) is 0 Å². The van der Waals surface area contributed by atoms with Crippen LogP contribution in [-0.2, 0) is 6.42 Å². The van der Waals surface area contributed by atoms with Gasteiger partial charge < -0.3 is 9.16 Å².